The van der Waals surface area contributed by atoms with Crippen LogP contribution in [0.2, 0.25) is 0 Å². The standard InChI is InChI=1S/C10H11BrF3NO2/c11-7-1-6(10(12,13)14)2-8(3-7)15-4-9(17)5-16/h1-3,9,15-17H,4-5H2. The zero-order valence-electron chi connectivity index (χ0n) is 8.63. The second kappa shape index (κ2) is 5.70. The highest BCUT2D eigenvalue weighted by atomic mass is 79.9. The van der Waals surface area contributed by atoms with Gasteiger partial charge in [-0.2, -0.15) is 13.2 Å². The summed E-state index contributed by atoms with van der Waals surface area (Å²) < 4.78 is 37.7. The van der Waals surface area contributed by atoms with E-state index < -0.39 is 24.5 Å². The number of nitrogens with one attached hydrogen (secondary N) is 1. The molecule has 3 nitrogen and oxygen atoms in total. The Morgan fingerprint density at radius 3 is 2.47 bits per heavy atom. The predicted octanol–water partition coefficient (Wildman–Crippen LogP) is 2.23. The summed E-state index contributed by atoms with van der Waals surface area (Å²) in [6, 6.07) is 3.36. The minimum Gasteiger partial charge on any atom is -0.394 e. The molecule has 1 aromatic carbocycles. The molecule has 1 rings (SSSR count). The number of hydrogen-bond donors (Lipinski definition) is 3. The van der Waals surface area contributed by atoms with Gasteiger partial charge in [0.05, 0.1) is 18.3 Å². The Balaban J connectivity index is 2.83. The Kier molecular flexibility index (Phi) is 4.79. The first-order chi connectivity index (χ1) is 7.82. The lowest BCUT2D eigenvalue weighted by atomic mass is 10.2. The third-order valence-corrected chi connectivity index (χ3v) is 2.44. The minimum atomic E-state index is -4.42. The van der Waals surface area contributed by atoms with Crippen molar-refractivity contribution in [3.8, 4) is 0 Å². The van der Waals surface area contributed by atoms with Crippen LogP contribution in [0, 0.1) is 0 Å². The van der Waals surface area contributed by atoms with E-state index in [1.165, 1.54) is 6.07 Å². The van der Waals surface area contributed by atoms with E-state index in [-0.39, 0.29) is 16.7 Å². The average Bonchev–Trinajstić information content (AvgIpc) is 2.24. The number of halogens is 4. The molecule has 0 saturated carbocycles. The predicted molar refractivity (Wildman–Crippen MR) is 60.7 cm³/mol. The monoisotopic (exact) mass is 313 g/mol. The SMILES string of the molecule is OCC(O)CNc1cc(Br)cc(C(F)(F)F)c1. The van der Waals surface area contributed by atoms with E-state index in [9.17, 15) is 13.2 Å². The third-order valence-electron chi connectivity index (χ3n) is 1.98. The molecule has 0 bridgehead atoms. The Labute approximate surface area is 104 Å². The van der Waals surface area contributed by atoms with Gasteiger partial charge in [0.1, 0.15) is 0 Å². The van der Waals surface area contributed by atoms with Crippen molar-refractivity contribution in [1.82, 2.24) is 0 Å². The molecule has 96 valence electrons. The van der Waals surface area contributed by atoms with E-state index in [1.54, 1.807) is 0 Å². The quantitative estimate of drug-likeness (QED) is 0.799. The molecule has 0 radical (unpaired) electrons. The molecule has 0 aromatic heterocycles. The smallest absolute Gasteiger partial charge is 0.394 e. The molecule has 0 saturated heterocycles. The topological polar surface area (TPSA) is 52.5 Å². The molecule has 0 aliphatic carbocycles. The molecule has 0 aliphatic rings. The molecule has 0 fully saturated rings. The van der Waals surface area contributed by atoms with Crippen molar-refractivity contribution in [2.24, 2.45) is 0 Å². The van der Waals surface area contributed by atoms with Crippen LogP contribution in [0.25, 0.3) is 0 Å². The van der Waals surface area contributed by atoms with Gasteiger partial charge in [0.25, 0.3) is 0 Å². The molecule has 3 N–H and O–H groups in total. The van der Waals surface area contributed by atoms with Gasteiger partial charge in [-0.3, -0.25) is 0 Å². The lowest BCUT2D eigenvalue weighted by Crippen LogP contribution is -2.23. The van der Waals surface area contributed by atoms with Crippen molar-refractivity contribution in [2.75, 3.05) is 18.5 Å². The summed E-state index contributed by atoms with van der Waals surface area (Å²) in [6.07, 6.45) is -5.43. The van der Waals surface area contributed by atoms with E-state index >= 15 is 0 Å². The van der Waals surface area contributed by atoms with Gasteiger partial charge >= 0.3 is 6.18 Å². The fourth-order valence-electron chi connectivity index (χ4n) is 1.16. The highest BCUT2D eigenvalue weighted by Gasteiger charge is 2.31. The number of aliphatic hydroxyl groups excluding tert-OH is 2. The molecule has 0 spiro atoms. The van der Waals surface area contributed by atoms with Gasteiger partial charge in [-0.1, -0.05) is 15.9 Å². The molecule has 1 unspecified atom stereocenters. The summed E-state index contributed by atoms with van der Waals surface area (Å²) >= 11 is 2.98. The Morgan fingerprint density at radius 1 is 1.29 bits per heavy atom. The Hall–Kier alpha value is -0.790. The molecule has 7 heteroatoms. The van der Waals surface area contributed by atoms with Gasteiger partial charge in [-0.25, -0.2) is 0 Å². The van der Waals surface area contributed by atoms with E-state index in [0.29, 0.717) is 0 Å². The van der Waals surface area contributed by atoms with Crippen LogP contribution in [0.15, 0.2) is 22.7 Å². The lowest BCUT2D eigenvalue weighted by Gasteiger charge is -2.13. The van der Waals surface area contributed by atoms with Crippen LogP contribution >= 0.6 is 15.9 Å². The number of hydrogen-bond acceptors (Lipinski definition) is 3. The van der Waals surface area contributed by atoms with Crippen molar-refractivity contribution in [2.45, 2.75) is 12.3 Å². The van der Waals surface area contributed by atoms with Crippen LogP contribution in [0.1, 0.15) is 5.56 Å². The Morgan fingerprint density at radius 2 is 1.94 bits per heavy atom. The van der Waals surface area contributed by atoms with Crippen LogP contribution in [0.5, 0.6) is 0 Å². The molecule has 17 heavy (non-hydrogen) atoms. The summed E-state index contributed by atoms with van der Waals surface area (Å²) in [6.45, 7) is -0.475. The molecule has 0 amide bonds. The first kappa shape index (κ1) is 14.3. The van der Waals surface area contributed by atoms with Gasteiger partial charge in [0, 0.05) is 16.7 Å². The highest BCUT2D eigenvalue weighted by Crippen LogP contribution is 2.33. The highest BCUT2D eigenvalue weighted by molar-refractivity contribution is 9.10. The van der Waals surface area contributed by atoms with E-state index in [0.717, 1.165) is 12.1 Å². The van der Waals surface area contributed by atoms with Gasteiger partial charge in [0.15, 0.2) is 0 Å². The number of alkyl halides is 3. The van der Waals surface area contributed by atoms with Crippen molar-refractivity contribution in [3.63, 3.8) is 0 Å². The molecule has 0 heterocycles. The number of aliphatic hydroxyl groups is 2. The maximum atomic E-state index is 12.5. The van der Waals surface area contributed by atoms with Crippen LogP contribution in [0.3, 0.4) is 0 Å². The molecule has 1 aromatic rings. The van der Waals surface area contributed by atoms with Crippen molar-refractivity contribution in [3.05, 3.63) is 28.2 Å². The van der Waals surface area contributed by atoms with Gasteiger partial charge in [-0.05, 0) is 18.2 Å². The summed E-state index contributed by atoms with van der Waals surface area (Å²) in [5.74, 6) is 0. The normalized spacial score (nSPS) is 13.5. The van der Waals surface area contributed by atoms with E-state index in [4.69, 9.17) is 10.2 Å². The first-order valence-corrected chi connectivity index (χ1v) is 5.53. The van der Waals surface area contributed by atoms with Gasteiger partial charge < -0.3 is 15.5 Å². The summed E-state index contributed by atoms with van der Waals surface area (Å²) in [5, 5.41) is 20.3. The van der Waals surface area contributed by atoms with Crippen molar-refractivity contribution >= 4 is 21.6 Å². The summed E-state index contributed by atoms with van der Waals surface area (Å²) in [4.78, 5) is 0. The van der Waals surface area contributed by atoms with Crippen LogP contribution in [-0.4, -0.2) is 29.5 Å². The molecule has 0 aliphatic heterocycles. The maximum absolute atomic E-state index is 12.5. The minimum absolute atomic E-state index is 0.0236. The second-order valence-electron chi connectivity index (χ2n) is 3.44. The lowest BCUT2D eigenvalue weighted by molar-refractivity contribution is -0.137. The van der Waals surface area contributed by atoms with Gasteiger partial charge in [0.2, 0.25) is 0 Å². The van der Waals surface area contributed by atoms with E-state index in [1.807, 2.05) is 0 Å². The van der Waals surface area contributed by atoms with Crippen molar-refractivity contribution in [1.29, 1.82) is 0 Å². The fraction of sp³-hybridized carbons (Fsp3) is 0.400. The largest absolute Gasteiger partial charge is 0.416 e. The zero-order valence-corrected chi connectivity index (χ0v) is 10.2. The number of benzene rings is 1. The van der Waals surface area contributed by atoms with Crippen LogP contribution < -0.4 is 5.32 Å². The van der Waals surface area contributed by atoms with Crippen molar-refractivity contribution < 1.29 is 23.4 Å². The summed E-state index contributed by atoms with van der Waals surface area (Å²) in [7, 11) is 0. The van der Waals surface area contributed by atoms with Crippen LogP contribution in [-0.2, 0) is 6.18 Å². The number of rotatable bonds is 4. The summed E-state index contributed by atoms with van der Waals surface area (Å²) in [5.41, 5.74) is -0.563. The maximum Gasteiger partial charge on any atom is 0.416 e. The average molecular weight is 314 g/mol. The number of anilines is 1. The molecular weight excluding hydrogens is 303 g/mol. The Bertz CT molecular complexity index is 384. The molecule has 1 atom stereocenters. The second-order valence-corrected chi connectivity index (χ2v) is 4.36. The molecular formula is C10H11BrF3NO2. The van der Waals surface area contributed by atoms with Gasteiger partial charge in [-0.15, -0.1) is 0 Å². The van der Waals surface area contributed by atoms with Crippen LogP contribution in [0.4, 0.5) is 18.9 Å². The zero-order chi connectivity index (χ0) is 13.1. The first-order valence-electron chi connectivity index (χ1n) is 4.73. The van der Waals surface area contributed by atoms with E-state index in [2.05, 4.69) is 21.2 Å². The fourth-order valence-corrected chi connectivity index (χ4v) is 1.65. The third kappa shape index (κ3) is 4.53.